The highest BCUT2D eigenvalue weighted by atomic mass is 35.5. The minimum absolute atomic E-state index is 0.0686. The molecule has 40 heavy (non-hydrogen) atoms. The van der Waals surface area contributed by atoms with Crippen molar-refractivity contribution in [1.82, 2.24) is 0 Å². The van der Waals surface area contributed by atoms with Gasteiger partial charge in [-0.25, -0.2) is 4.90 Å². The van der Waals surface area contributed by atoms with Crippen LogP contribution in [0.5, 0.6) is 0 Å². The van der Waals surface area contributed by atoms with E-state index >= 15 is 0 Å². The molecule has 0 spiro atoms. The molecule has 2 atom stereocenters. The fourth-order valence-corrected chi connectivity index (χ4v) is 5.55. The number of halogens is 1. The number of aliphatic hydroxyl groups excluding tert-OH is 1. The van der Waals surface area contributed by atoms with Crippen LogP contribution in [0, 0.1) is 6.92 Å². The highest BCUT2D eigenvalue weighted by molar-refractivity contribution is 7.08. The number of ether oxygens (including phenoxy) is 3. The molecule has 0 fully saturated rings. The predicted molar refractivity (Wildman–Crippen MR) is 151 cm³/mol. The van der Waals surface area contributed by atoms with Crippen molar-refractivity contribution in [2.45, 2.75) is 25.6 Å². The number of aliphatic hydroxyl groups is 1. The Morgan fingerprint density at radius 3 is 2.70 bits per heavy atom. The number of carbonyl (C=O) groups is 3. The van der Waals surface area contributed by atoms with E-state index in [2.05, 4.69) is 5.32 Å². The van der Waals surface area contributed by atoms with Gasteiger partial charge >= 0.3 is 0 Å². The largest absolute Gasteiger partial charge is 0.459 e. The number of benzene rings is 2. The lowest BCUT2D eigenvalue weighted by atomic mass is 9.95. The van der Waals surface area contributed by atoms with Crippen molar-refractivity contribution in [1.29, 1.82) is 0 Å². The number of thiophene rings is 1. The van der Waals surface area contributed by atoms with Gasteiger partial charge in [-0.3, -0.25) is 14.4 Å². The first-order chi connectivity index (χ1) is 19.4. The number of nitrogens with one attached hydrogen (secondary N) is 1. The van der Waals surface area contributed by atoms with Gasteiger partial charge in [0.25, 0.3) is 17.7 Å². The van der Waals surface area contributed by atoms with Crippen LogP contribution in [-0.2, 0) is 19.0 Å². The number of hydrogen-bond acceptors (Lipinski definition) is 8. The summed E-state index contributed by atoms with van der Waals surface area (Å²) in [5, 5.41) is 16.1. The fraction of sp³-hybridized carbons (Fsp3) is 0.276. The van der Waals surface area contributed by atoms with E-state index in [-0.39, 0.29) is 37.1 Å². The first-order valence-corrected chi connectivity index (χ1v) is 14.0. The standard InChI is InChI=1S/C29H27ClN2O7S/c1-17-12-21(3-5-24(17)32-28(35)22-4-2-20(30)15-23(22)29(32)36)31-27(34)25-13-19(18-6-11-40-16-18)14-26(39-25)38-10-9-37-8-7-33/h2-6,11-13,15-16,19,26,33H,7-10,14H2,1H3,(H,31,34)/t19-,26+/m0/s1. The van der Waals surface area contributed by atoms with E-state index in [1.54, 1.807) is 54.7 Å². The molecule has 3 amide bonds. The SMILES string of the molecule is Cc1cc(NC(=O)C2=C[C@H](c3ccsc3)C[C@H](OCCOCCO)O2)ccc1N1C(=O)c2ccc(Cl)cc2C1=O. The zero-order chi connectivity index (χ0) is 28.2. The number of imide groups is 1. The fourth-order valence-electron chi connectivity index (χ4n) is 4.65. The molecule has 2 aliphatic heterocycles. The van der Waals surface area contributed by atoms with Gasteiger partial charge in [-0.1, -0.05) is 11.6 Å². The summed E-state index contributed by atoms with van der Waals surface area (Å²) in [6, 6.07) is 11.6. The summed E-state index contributed by atoms with van der Waals surface area (Å²) < 4.78 is 16.9. The minimum Gasteiger partial charge on any atom is -0.459 e. The van der Waals surface area contributed by atoms with Gasteiger partial charge in [0.05, 0.1) is 43.2 Å². The molecule has 2 aromatic carbocycles. The van der Waals surface area contributed by atoms with E-state index in [1.807, 2.05) is 16.8 Å². The van der Waals surface area contributed by atoms with Crippen molar-refractivity contribution in [2.24, 2.45) is 0 Å². The van der Waals surface area contributed by atoms with Crippen LogP contribution in [0.1, 0.15) is 44.2 Å². The van der Waals surface area contributed by atoms with Crippen molar-refractivity contribution in [2.75, 3.05) is 36.6 Å². The Balaban J connectivity index is 1.30. The number of nitrogens with zero attached hydrogens (tertiary/aromatic N) is 1. The molecule has 11 heteroatoms. The molecule has 9 nitrogen and oxygen atoms in total. The molecule has 2 aliphatic rings. The molecule has 2 N–H and O–H groups in total. The summed E-state index contributed by atoms with van der Waals surface area (Å²) in [7, 11) is 0. The highest BCUT2D eigenvalue weighted by Crippen LogP contribution is 2.35. The number of amides is 3. The minimum atomic E-state index is -0.653. The second-order valence-electron chi connectivity index (χ2n) is 9.27. The summed E-state index contributed by atoms with van der Waals surface area (Å²) in [6.45, 7) is 2.45. The quantitative estimate of drug-likeness (QED) is 0.258. The maximum absolute atomic E-state index is 13.2. The van der Waals surface area contributed by atoms with Crippen molar-refractivity contribution < 1.29 is 33.7 Å². The zero-order valence-corrected chi connectivity index (χ0v) is 23.2. The summed E-state index contributed by atoms with van der Waals surface area (Å²) >= 11 is 7.60. The molecule has 0 unspecified atom stereocenters. The molecule has 3 heterocycles. The topological polar surface area (TPSA) is 114 Å². The van der Waals surface area contributed by atoms with Crippen molar-refractivity contribution in [3.63, 3.8) is 0 Å². The number of aryl methyl sites for hydroxylation is 1. The van der Waals surface area contributed by atoms with E-state index in [9.17, 15) is 14.4 Å². The Bertz CT molecular complexity index is 1460. The molecule has 0 bridgehead atoms. The van der Waals surface area contributed by atoms with Crippen LogP contribution in [0.3, 0.4) is 0 Å². The number of fused-ring (bicyclic) bond motifs is 1. The van der Waals surface area contributed by atoms with Crippen LogP contribution in [0.25, 0.3) is 0 Å². The highest BCUT2D eigenvalue weighted by Gasteiger charge is 2.37. The summed E-state index contributed by atoms with van der Waals surface area (Å²) in [4.78, 5) is 40.3. The van der Waals surface area contributed by atoms with Crippen LogP contribution in [0.15, 0.2) is 65.1 Å². The van der Waals surface area contributed by atoms with Crippen LogP contribution < -0.4 is 10.2 Å². The molecule has 0 radical (unpaired) electrons. The van der Waals surface area contributed by atoms with Crippen LogP contribution >= 0.6 is 22.9 Å². The lowest BCUT2D eigenvalue weighted by Crippen LogP contribution is -2.30. The third-order valence-electron chi connectivity index (χ3n) is 6.56. The number of rotatable bonds is 10. The van der Waals surface area contributed by atoms with Crippen LogP contribution in [0.4, 0.5) is 11.4 Å². The van der Waals surface area contributed by atoms with E-state index in [1.165, 1.54) is 6.07 Å². The molecule has 0 aliphatic carbocycles. The predicted octanol–water partition coefficient (Wildman–Crippen LogP) is 4.89. The number of carbonyl (C=O) groups excluding carboxylic acids is 3. The average molecular weight is 583 g/mol. The van der Waals surface area contributed by atoms with Crippen molar-refractivity contribution in [3.8, 4) is 0 Å². The maximum atomic E-state index is 13.2. The summed E-state index contributed by atoms with van der Waals surface area (Å²) in [5.74, 6) is -1.27. The second kappa shape index (κ2) is 12.3. The molecule has 0 saturated heterocycles. The number of hydrogen-bond donors (Lipinski definition) is 2. The number of allylic oxidation sites excluding steroid dienone is 1. The van der Waals surface area contributed by atoms with Gasteiger partial charge in [-0.15, -0.1) is 0 Å². The molecule has 1 aromatic heterocycles. The second-order valence-corrected chi connectivity index (χ2v) is 10.5. The van der Waals surface area contributed by atoms with E-state index in [0.717, 1.165) is 10.5 Å². The third-order valence-corrected chi connectivity index (χ3v) is 7.50. The van der Waals surface area contributed by atoms with Crippen LogP contribution in [-0.4, -0.2) is 55.5 Å². The van der Waals surface area contributed by atoms with Gasteiger partial charge in [0.2, 0.25) is 6.29 Å². The smallest absolute Gasteiger partial charge is 0.290 e. The lowest BCUT2D eigenvalue weighted by Gasteiger charge is -2.29. The first-order valence-electron chi connectivity index (χ1n) is 12.7. The van der Waals surface area contributed by atoms with Gasteiger partial charge in [-0.2, -0.15) is 11.3 Å². The monoisotopic (exact) mass is 582 g/mol. The average Bonchev–Trinajstić information content (AvgIpc) is 3.56. The molecule has 5 rings (SSSR count). The van der Waals surface area contributed by atoms with Gasteiger partial charge in [0.1, 0.15) is 0 Å². The van der Waals surface area contributed by atoms with E-state index in [0.29, 0.717) is 40.6 Å². The summed E-state index contributed by atoms with van der Waals surface area (Å²) in [5.41, 5.74) is 3.13. The molecule has 208 valence electrons. The normalized spacial score (nSPS) is 18.4. The zero-order valence-electron chi connectivity index (χ0n) is 21.6. The molecule has 3 aromatic rings. The summed E-state index contributed by atoms with van der Waals surface area (Å²) in [6.07, 6.45) is 1.66. The Kier molecular flexibility index (Phi) is 8.63. The molecular formula is C29H27ClN2O7S. The van der Waals surface area contributed by atoms with Crippen molar-refractivity contribution >= 4 is 52.0 Å². The van der Waals surface area contributed by atoms with Gasteiger partial charge < -0.3 is 24.6 Å². The van der Waals surface area contributed by atoms with Gasteiger partial charge in [0, 0.05) is 23.0 Å². The Hall–Kier alpha value is -3.54. The maximum Gasteiger partial charge on any atom is 0.290 e. The van der Waals surface area contributed by atoms with Crippen molar-refractivity contribution in [3.05, 3.63) is 92.3 Å². The van der Waals surface area contributed by atoms with Crippen LogP contribution in [0.2, 0.25) is 5.02 Å². The Labute approximate surface area is 239 Å². The van der Waals surface area contributed by atoms with E-state index in [4.69, 9.17) is 30.9 Å². The van der Waals surface area contributed by atoms with E-state index < -0.39 is 24.0 Å². The number of anilines is 2. The van der Waals surface area contributed by atoms with Gasteiger partial charge in [0.15, 0.2) is 5.76 Å². The molecule has 0 saturated carbocycles. The lowest BCUT2D eigenvalue weighted by molar-refractivity contribution is -0.148. The first kappa shape index (κ1) is 28.0. The Morgan fingerprint density at radius 1 is 1.12 bits per heavy atom. The third kappa shape index (κ3) is 5.96. The Morgan fingerprint density at radius 2 is 1.95 bits per heavy atom. The molecular weight excluding hydrogens is 556 g/mol. The van der Waals surface area contributed by atoms with Gasteiger partial charge in [-0.05, 0) is 77.4 Å².